The molecule has 0 atom stereocenters. The van der Waals surface area contributed by atoms with E-state index in [-0.39, 0.29) is 36.1 Å². The zero-order valence-corrected chi connectivity index (χ0v) is 21.4. The Balaban J connectivity index is 1.84. The molecule has 39 heavy (non-hydrogen) atoms. The fourth-order valence-corrected chi connectivity index (χ4v) is 5.26. The molecule has 0 unspecified atom stereocenters. The molecule has 0 aliphatic heterocycles. The van der Waals surface area contributed by atoms with Gasteiger partial charge >= 0.3 is 22.3 Å². The topological polar surface area (TPSA) is 117 Å². The van der Waals surface area contributed by atoms with Crippen molar-refractivity contribution in [2.24, 2.45) is 0 Å². The number of benzene rings is 2. The van der Waals surface area contributed by atoms with Gasteiger partial charge in [-0.25, -0.2) is 13.9 Å². The van der Waals surface area contributed by atoms with Gasteiger partial charge in [0.1, 0.15) is 34.9 Å². The second-order valence-corrected chi connectivity index (χ2v) is 11.7. The number of nitrogens with zero attached hydrogens (tertiary/aromatic N) is 3. The highest BCUT2D eigenvalue weighted by Gasteiger charge is 2.65. The molecular weight excluding hydrogens is 601 g/mol. The van der Waals surface area contributed by atoms with Crippen LogP contribution in [0.4, 0.5) is 34.4 Å². The van der Waals surface area contributed by atoms with Gasteiger partial charge in [0.15, 0.2) is 5.69 Å². The summed E-state index contributed by atoms with van der Waals surface area (Å²) in [5.74, 6) is -2.57. The molecule has 1 fully saturated rings. The number of carbonyl (C=O) groups is 2. The van der Waals surface area contributed by atoms with E-state index in [1.165, 1.54) is 12.1 Å². The Morgan fingerprint density at radius 2 is 1.77 bits per heavy atom. The fraction of sp³-hybridized carbons (Fsp3) is 0.182. The minimum atomic E-state index is -10.2. The van der Waals surface area contributed by atoms with Gasteiger partial charge in [-0.2, -0.15) is 10.4 Å². The standard InChI is InChI=1S/C22H14Cl2F6N4O4S/c23-14-7-13(39(26,27,28,29)30)8-15(24)18(14)34-19(17(16(9-31)33-34)22(4-5-22)20(35)36)32-21(37)38-10-11-2-1-3-12(25)6-11/h1-3,6-8H,4-5,10H2,(H,32,37)(H,35,36). The second-order valence-electron chi connectivity index (χ2n) is 8.52. The molecule has 8 nitrogen and oxygen atoms in total. The van der Waals surface area contributed by atoms with Crippen molar-refractivity contribution in [3.8, 4) is 11.8 Å². The van der Waals surface area contributed by atoms with Gasteiger partial charge in [0.2, 0.25) is 0 Å². The van der Waals surface area contributed by atoms with Crippen LogP contribution in [0.2, 0.25) is 10.0 Å². The quantitative estimate of drug-likeness (QED) is 0.263. The van der Waals surface area contributed by atoms with Crippen molar-refractivity contribution in [1.29, 1.82) is 5.26 Å². The predicted octanol–water partition coefficient (Wildman–Crippen LogP) is 7.71. The van der Waals surface area contributed by atoms with Crippen LogP contribution in [0, 0.1) is 17.1 Å². The Morgan fingerprint density at radius 1 is 1.15 bits per heavy atom. The van der Waals surface area contributed by atoms with E-state index < -0.39 is 72.3 Å². The lowest BCUT2D eigenvalue weighted by Crippen LogP contribution is -2.24. The minimum Gasteiger partial charge on any atom is -0.481 e. The van der Waals surface area contributed by atoms with Crippen LogP contribution in [0.15, 0.2) is 41.3 Å². The number of nitriles is 1. The van der Waals surface area contributed by atoms with Crippen molar-refractivity contribution in [2.45, 2.75) is 29.8 Å². The van der Waals surface area contributed by atoms with E-state index in [9.17, 15) is 43.8 Å². The number of nitrogens with one attached hydrogen (secondary N) is 1. The van der Waals surface area contributed by atoms with Crippen molar-refractivity contribution in [2.75, 3.05) is 5.32 Å². The Kier molecular flexibility index (Phi) is 6.33. The maximum absolute atomic E-state index is 13.4. The first-order chi connectivity index (χ1) is 17.9. The molecule has 0 spiro atoms. The first-order valence-electron chi connectivity index (χ1n) is 10.5. The molecule has 1 amide bonds. The van der Waals surface area contributed by atoms with Gasteiger partial charge in [-0.3, -0.25) is 10.1 Å². The van der Waals surface area contributed by atoms with Crippen LogP contribution in [0.25, 0.3) is 5.69 Å². The number of carboxylic acids is 1. The Bertz CT molecular complexity index is 1560. The summed E-state index contributed by atoms with van der Waals surface area (Å²) in [5, 5.41) is 23.5. The number of carboxylic acid groups (broad SMARTS) is 1. The van der Waals surface area contributed by atoms with Gasteiger partial charge in [-0.1, -0.05) is 54.8 Å². The fourth-order valence-electron chi connectivity index (χ4n) is 3.80. The van der Waals surface area contributed by atoms with E-state index in [4.69, 9.17) is 27.9 Å². The van der Waals surface area contributed by atoms with Crippen LogP contribution >= 0.6 is 33.4 Å². The molecule has 1 saturated carbocycles. The van der Waals surface area contributed by atoms with Gasteiger partial charge in [0.05, 0.1) is 21.0 Å². The number of ether oxygens (including phenoxy) is 1. The summed E-state index contributed by atoms with van der Waals surface area (Å²) < 4.78 is 85.9. The van der Waals surface area contributed by atoms with Crippen molar-refractivity contribution in [3.63, 3.8) is 0 Å². The average Bonchev–Trinajstić information content (AvgIpc) is 3.53. The Hall–Kier alpha value is -3.61. The van der Waals surface area contributed by atoms with Crippen LogP contribution in [-0.2, 0) is 21.6 Å². The lowest BCUT2D eigenvalue weighted by atomic mass is 9.95. The number of rotatable bonds is 7. The number of hydrogen-bond acceptors (Lipinski definition) is 5. The van der Waals surface area contributed by atoms with E-state index in [0.29, 0.717) is 4.68 Å². The summed E-state index contributed by atoms with van der Waals surface area (Å²) in [7, 11) is -10.2. The number of halogens is 8. The molecule has 4 rings (SSSR count). The normalized spacial score (nSPS) is 16.0. The Labute approximate surface area is 225 Å². The number of aromatic nitrogens is 2. The lowest BCUT2D eigenvalue weighted by molar-refractivity contribution is -0.140. The molecule has 1 aliphatic carbocycles. The first kappa shape index (κ1) is 28.4. The van der Waals surface area contributed by atoms with Crippen LogP contribution in [0.1, 0.15) is 29.7 Å². The largest absolute Gasteiger partial charge is 0.481 e. The number of hydrogen-bond donors (Lipinski definition) is 2. The summed E-state index contributed by atoms with van der Waals surface area (Å²) in [6.45, 7) is -0.456. The van der Waals surface area contributed by atoms with Crippen molar-refractivity contribution in [1.82, 2.24) is 9.78 Å². The maximum Gasteiger partial charge on any atom is 0.413 e. The summed E-state index contributed by atoms with van der Waals surface area (Å²) in [4.78, 5) is 22.3. The highest BCUT2D eigenvalue weighted by molar-refractivity contribution is 8.45. The van der Waals surface area contributed by atoms with Crippen LogP contribution in [0.3, 0.4) is 0 Å². The zero-order valence-electron chi connectivity index (χ0n) is 19.0. The monoisotopic (exact) mass is 614 g/mol. The third-order valence-electron chi connectivity index (χ3n) is 5.76. The summed E-state index contributed by atoms with van der Waals surface area (Å²) in [6, 6.07) is 6.43. The molecule has 2 aromatic carbocycles. The van der Waals surface area contributed by atoms with E-state index in [2.05, 4.69) is 10.4 Å². The minimum absolute atomic E-state index is 0.000342. The number of carbonyl (C=O) groups excluding carboxylic acids is 1. The smallest absolute Gasteiger partial charge is 0.413 e. The van der Waals surface area contributed by atoms with E-state index in [0.717, 1.165) is 12.1 Å². The molecule has 1 heterocycles. The van der Waals surface area contributed by atoms with E-state index in [1.807, 2.05) is 0 Å². The molecule has 0 radical (unpaired) electrons. The molecule has 208 valence electrons. The van der Waals surface area contributed by atoms with Crippen molar-refractivity contribution in [3.05, 3.63) is 69.1 Å². The lowest BCUT2D eigenvalue weighted by Gasteiger charge is -2.40. The maximum atomic E-state index is 13.4. The van der Waals surface area contributed by atoms with Gasteiger partial charge < -0.3 is 9.84 Å². The van der Waals surface area contributed by atoms with Gasteiger partial charge in [-0.15, -0.1) is 0 Å². The third kappa shape index (κ3) is 5.58. The number of amides is 1. The van der Waals surface area contributed by atoms with Gasteiger partial charge in [0, 0.05) is 0 Å². The van der Waals surface area contributed by atoms with Gasteiger partial charge in [0.25, 0.3) is 0 Å². The molecule has 0 bridgehead atoms. The van der Waals surface area contributed by atoms with Crippen LogP contribution in [0.5, 0.6) is 0 Å². The predicted molar refractivity (Wildman–Crippen MR) is 128 cm³/mol. The molecule has 1 aliphatic rings. The summed E-state index contributed by atoms with van der Waals surface area (Å²) in [5.41, 5.74) is -3.02. The summed E-state index contributed by atoms with van der Waals surface area (Å²) in [6.07, 6.45) is -1.26. The summed E-state index contributed by atoms with van der Waals surface area (Å²) >= 11 is 11.8. The highest BCUT2D eigenvalue weighted by Crippen LogP contribution is 3.02. The molecule has 17 heteroatoms. The Morgan fingerprint density at radius 3 is 2.26 bits per heavy atom. The average molecular weight is 615 g/mol. The third-order valence-corrected chi connectivity index (χ3v) is 7.46. The second kappa shape index (κ2) is 8.70. The SMILES string of the molecule is N#Cc1nn(-c2c(Cl)cc(S(F)(F)(F)(F)F)cc2Cl)c(NC(=O)OCc2cccc(F)c2)c1C1(C(=O)O)CC1. The molecule has 1 aromatic heterocycles. The van der Waals surface area contributed by atoms with E-state index in [1.54, 1.807) is 6.07 Å². The van der Waals surface area contributed by atoms with Gasteiger partial charge in [-0.05, 0) is 42.7 Å². The zero-order chi connectivity index (χ0) is 29.0. The highest BCUT2D eigenvalue weighted by atomic mass is 35.5. The number of anilines is 1. The molecule has 0 saturated heterocycles. The van der Waals surface area contributed by atoms with Crippen LogP contribution in [-0.4, -0.2) is 26.9 Å². The molecular formula is C22H14Cl2F6N4O4S. The van der Waals surface area contributed by atoms with Crippen LogP contribution < -0.4 is 5.32 Å². The molecule has 2 N–H and O–H groups in total. The first-order valence-corrected chi connectivity index (χ1v) is 13.3. The number of aliphatic carboxylic acids is 1. The van der Waals surface area contributed by atoms with Crippen molar-refractivity contribution < 1.29 is 43.3 Å². The van der Waals surface area contributed by atoms with Crippen molar-refractivity contribution >= 4 is 51.3 Å². The molecule has 3 aromatic rings. The van der Waals surface area contributed by atoms with E-state index >= 15 is 0 Å².